The Kier molecular flexibility index (Phi) is 4.38. The molecule has 2 aromatic carbocycles. The van der Waals surface area contributed by atoms with Crippen LogP contribution in [0.3, 0.4) is 0 Å². The van der Waals surface area contributed by atoms with Crippen LogP contribution in [0, 0.1) is 6.92 Å². The van der Waals surface area contributed by atoms with Crippen molar-refractivity contribution in [3.63, 3.8) is 0 Å². The van der Waals surface area contributed by atoms with E-state index in [1.165, 1.54) is 6.42 Å². The number of hydrogen-bond donors (Lipinski definition) is 1. The van der Waals surface area contributed by atoms with Crippen LogP contribution >= 0.6 is 0 Å². The molecule has 3 heterocycles. The number of piperidine rings is 1. The van der Waals surface area contributed by atoms with Crippen LogP contribution in [-0.4, -0.2) is 46.2 Å². The number of H-pyrrole nitrogens is 1. The lowest BCUT2D eigenvalue weighted by atomic mass is 9.95. The lowest BCUT2D eigenvalue weighted by molar-refractivity contribution is -0.133. The van der Waals surface area contributed by atoms with Gasteiger partial charge in [0, 0.05) is 40.8 Å². The van der Waals surface area contributed by atoms with Crippen molar-refractivity contribution in [2.45, 2.75) is 32.2 Å². The number of hydrogen-bond acceptors (Lipinski definition) is 2. The van der Waals surface area contributed by atoms with Gasteiger partial charge in [0.2, 0.25) is 5.91 Å². The van der Waals surface area contributed by atoms with Crippen LogP contribution in [0.2, 0.25) is 0 Å². The Morgan fingerprint density at radius 3 is 2.59 bits per heavy atom. The first-order valence-electron chi connectivity index (χ1n) is 10.4. The Hall–Kier alpha value is -3.08. The van der Waals surface area contributed by atoms with Crippen molar-refractivity contribution < 1.29 is 9.59 Å². The summed E-state index contributed by atoms with van der Waals surface area (Å²) in [6.07, 6.45) is 3.27. The molecule has 2 amide bonds. The third-order valence-corrected chi connectivity index (χ3v) is 6.29. The molecule has 3 aromatic rings. The van der Waals surface area contributed by atoms with Gasteiger partial charge >= 0.3 is 0 Å². The highest BCUT2D eigenvalue weighted by Crippen LogP contribution is 2.42. The highest BCUT2D eigenvalue weighted by Gasteiger charge is 2.40. The maximum atomic E-state index is 13.3. The molecule has 0 saturated carbocycles. The van der Waals surface area contributed by atoms with E-state index >= 15 is 0 Å². The van der Waals surface area contributed by atoms with Gasteiger partial charge in [-0.25, -0.2) is 0 Å². The molecule has 1 fully saturated rings. The SMILES string of the molecule is Cc1[nH]c2ccccc2c1C1c2ccccc2C(=O)N1CC(=O)N1CCCCC1. The Bertz CT molecular complexity index is 1090. The molecule has 29 heavy (non-hydrogen) atoms. The van der Waals surface area contributed by atoms with Crippen LogP contribution in [0.1, 0.15) is 52.5 Å². The van der Waals surface area contributed by atoms with Gasteiger partial charge in [0.25, 0.3) is 5.91 Å². The molecule has 1 atom stereocenters. The predicted molar refractivity (Wildman–Crippen MR) is 113 cm³/mol. The molecule has 5 nitrogen and oxygen atoms in total. The summed E-state index contributed by atoms with van der Waals surface area (Å²) in [6.45, 7) is 3.76. The molecule has 1 N–H and O–H groups in total. The number of para-hydroxylation sites is 1. The van der Waals surface area contributed by atoms with Gasteiger partial charge in [0.05, 0.1) is 6.04 Å². The lowest BCUT2D eigenvalue weighted by Gasteiger charge is -2.31. The van der Waals surface area contributed by atoms with Crippen LogP contribution in [0.25, 0.3) is 10.9 Å². The van der Waals surface area contributed by atoms with E-state index in [4.69, 9.17) is 0 Å². The number of carbonyl (C=O) groups excluding carboxylic acids is 2. The van der Waals surface area contributed by atoms with Crippen LogP contribution in [-0.2, 0) is 4.79 Å². The van der Waals surface area contributed by atoms with Crippen molar-refractivity contribution in [2.24, 2.45) is 0 Å². The highest BCUT2D eigenvalue weighted by atomic mass is 16.2. The number of carbonyl (C=O) groups is 2. The van der Waals surface area contributed by atoms with E-state index in [9.17, 15) is 9.59 Å². The fraction of sp³-hybridized carbons (Fsp3) is 0.333. The molecule has 1 aromatic heterocycles. The number of aryl methyl sites for hydroxylation is 1. The highest BCUT2D eigenvalue weighted by molar-refractivity contribution is 6.02. The fourth-order valence-corrected chi connectivity index (χ4v) is 4.88. The first kappa shape index (κ1) is 18.0. The van der Waals surface area contributed by atoms with Gasteiger partial charge in [0.1, 0.15) is 6.54 Å². The number of nitrogens with one attached hydrogen (secondary N) is 1. The molecule has 0 bridgehead atoms. The standard InChI is InChI=1S/C24H25N3O2/c1-16-22(19-11-5-6-12-20(19)25-16)23-17-9-3-4-10-18(17)24(29)27(23)15-21(28)26-13-7-2-8-14-26/h3-6,9-12,23,25H,2,7-8,13-15H2,1H3. The normalized spacial score (nSPS) is 19.1. The van der Waals surface area contributed by atoms with Crippen molar-refractivity contribution in [1.29, 1.82) is 0 Å². The van der Waals surface area contributed by atoms with Gasteiger partial charge in [-0.3, -0.25) is 9.59 Å². The maximum Gasteiger partial charge on any atom is 0.255 e. The summed E-state index contributed by atoms with van der Waals surface area (Å²) in [6, 6.07) is 15.7. The third-order valence-electron chi connectivity index (χ3n) is 6.29. The third kappa shape index (κ3) is 2.92. The smallest absolute Gasteiger partial charge is 0.255 e. The number of aromatic nitrogens is 1. The maximum absolute atomic E-state index is 13.3. The van der Waals surface area contributed by atoms with E-state index in [2.05, 4.69) is 17.1 Å². The molecule has 2 aliphatic heterocycles. The van der Waals surface area contributed by atoms with E-state index in [-0.39, 0.29) is 24.4 Å². The largest absolute Gasteiger partial charge is 0.358 e. The number of nitrogens with zero attached hydrogens (tertiary/aromatic N) is 2. The van der Waals surface area contributed by atoms with E-state index < -0.39 is 0 Å². The Balaban J connectivity index is 1.59. The van der Waals surface area contributed by atoms with E-state index in [0.717, 1.165) is 53.7 Å². The van der Waals surface area contributed by atoms with Crippen molar-refractivity contribution >= 4 is 22.7 Å². The van der Waals surface area contributed by atoms with Crippen LogP contribution < -0.4 is 0 Å². The van der Waals surface area contributed by atoms with Gasteiger partial charge in [-0.1, -0.05) is 36.4 Å². The van der Waals surface area contributed by atoms with Crippen molar-refractivity contribution in [1.82, 2.24) is 14.8 Å². The molecule has 1 unspecified atom stereocenters. The number of fused-ring (bicyclic) bond motifs is 2. The second-order valence-electron chi connectivity index (χ2n) is 8.07. The van der Waals surface area contributed by atoms with Crippen molar-refractivity contribution in [2.75, 3.05) is 19.6 Å². The summed E-state index contributed by atoms with van der Waals surface area (Å²) in [4.78, 5) is 33.5. The molecule has 5 heteroatoms. The number of likely N-dealkylation sites (tertiary alicyclic amines) is 1. The van der Waals surface area contributed by atoms with Crippen LogP contribution in [0.15, 0.2) is 48.5 Å². The summed E-state index contributed by atoms with van der Waals surface area (Å²) in [5.41, 5.74) is 4.87. The molecular formula is C24H25N3O2. The van der Waals surface area contributed by atoms with Crippen molar-refractivity contribution in [3.8, 4) is 0 Å². The average Bonchev–Trinajstić information content (AvgIpc) is 3.22. The Morgan fingerprint density at radius 2 is 1.76 bits per heavy atom. The Morgan fingerprint density at radius 1 is 1.03 bits per heavy atom. The second-order valence-corrected chi connectivity index (χ2v) is 8.07. The molecule has 148 valence electrons. The monoisotopic (exact) mass is 387 g/mol. The number of benzene rings is 2. The van der Waals surface area contributed by atoms with E-state index in [1.807, 2.05) is 48.2 Å². The fourth-order valence-electron chi connectivity index (χ4n) is 4.88. The topological polar surface area (TPSA) is 56.4 Å². The number of amides is 2. The number of aromatic amines is 1. The zero-order chi connectivity index (χ0) is 20.0. The summed E-state index contributed by atoms with van der Waals surface area (Å²) < 4.78 is 0. The molecule has 0 spiro atoms. The number of rotatable bonds is 3. The zero-order valence-electron chi connectivity index (χ0n) is 16.6. The van der Waals surface area contributed by atoms with Gasteiger partial charge in [0.15, 0.2) is 0 Å². The quantitative estimate of drug-likeness (QED) is 0.738. The van der Waals surface area contributed by atoms with Gasteiger partial charge in [-0.05, 0) is 43.9 Å². The lowest BCUT2D eigenvalue weighted by Crippen LogP contribution is -2.44. The van der Waals surface area contributed by atoms with Crippen LogP contribution in [0.4, 0.5) is 0 Å². The van der Waals surface area contributed by atoms with E-state index in [0.29, 0.717) is 5.56 Å². The second kappa shape index (κ2) is 7.07. The predicted octanol–water partition coefficient (Wildman–Crippen LogP) is 4.03. The van der Waals surface area contributed by atoms with Crippen molar-refractivity contribution in [3.05, 3.63) is 70.9 Å². The molecule has 0 radical (unpaired) electrons. The first-order valence-corrected chi connectivity index (χ1v) is 10.4. The molecule has 5 rings (SSSR count). The van der Waals surface area contributed by atoms with Gasteiger partial charge in [-0.15, -0.1) is 0 Å². The first-order chi connectivity index (χ1) is 14.1. The minimum absolute atomic E-state index is 0.0494. The summed E-state index contributed by atoms with van der Waals surface area (Å²) in [7, 11) is 0. The molecular weight excluding hydrogens is 362 g/mol. The average molecular weight is 387 g/mol. The Labute approximate surface area is 170 Å². The van der Waals surface area contributed by atoms with Gasteiger partial charge < -0.3 is 14.8 Å². The summed E-state index contributed by atoms with van der Waals surface area (Å²) >= 11 is 0. The molecule has 0 aliphatic carbocycles. The molecule has 1 saturated heterocycles. The summed E-state index contributed by atoms with van der Waals surface area (Å²) in [5, 5.41) is 1.11. The van der Waals surface area contributed by atoms with Crippen LogP contribution in [0.5, 0.6) is 0 Å². The van der Waals surface area contributed by atoms with Gasteiger partial charge in [-0.2, -0.15) is 0 Å². The zero-order valence-corrected chi connectivity index (χ0v) is 16.6. The minimum Gasteiger partial charge on any atom is -0.358 e. The minimum atomic E-state index is -0.247. The molecule has 2 aliphatic rings. The summed E-state index contributed by atoms with van der Waals surface area (Å²) in [5.74, 6) is -0.00556. The van der Waals surface area contributed by atoms with E-state index in [1.54, 1.807) is 4.90 Å².